The molecule has 1 saturated carbocycles. The highest BCUT2D eigenvalue weighted by Crippen LogP contribution is 2.38. The van der Waals surface area contributed by atoms with Crippen LogP contribution in [0.4, 0.5) is 4.79 Å². The molecule has 0 aromatic heterocycles. The van der Waals surface area contributed by atoms with Crippen LogP contribution >= 0.6 is 0 Å². The number of rotatable bonds is 13. The summed E-state index contributed by atoms with van der Waals surface area (Å²) in [5.41, 5.74) is 4.93. The van der Waals surface area contributed by atoms with Crippen LogP contribution in [0.1, 0.15) is 90.4 Å². The highest BCUT2D eigenvalue weighted by molar-refractivity contribution is 5.63. The molecule has 3 N–H and O–H groups in total. The normalized spacial score (nSPS) is 21.1. The summed E-state index contributed by atoms with van der Waals surface area (Å²) in [5, 5.41) is 8.45. The van der Waals surface area contributed by atoms with Gasteiger partial charge in [-0.25, -0.2) is 10.2 Å². The van der Waals surface area contributed by atoms with Crippen molar-refractivity contribution in [1.29, 1.82) is 0 Å². The second-order valence-electron chi connectivity index (χ2n) is 6.86. The largest absolute Gasteiger partial charge is 0.464 e. The van der Waals surface area contributed by atoms with E-state index in [4.69, 9.17) is 5.11 Å². The van der Waals surface area contributed by atoms with Gasteiger partial charge in [-0.15, -0.1) is 0 Å². The van der Waals surface area contributed by atoms with Crippen molar-refractivity contribution in [2.24, 2.45) is 11.8 Å². The van der Waals surface area contributed by atoms with Crippen LogP contribution in [-0.2, 0) is 0 Å². The number of nitrogens with one attached hydrogen (secondary N) is 2. The van der Waals surface area contributed by atoms with Crippen LogP contribution in [0, 0.1) is 11.8 Å². The fourth-order valence-electron chi connectivity index (χ4n) is 3.82. The smallest absolute Gasteiger partial charge is 0.419 e. The lowest BCUT2D eigenvalue weighted by Gasteiger charge is -2.19. The topological polar surface area (TPSA) is 61.4 Å². The lowest BCUT2D eigenvalue weighted by molar-refractivity contribution is 0.189. The molecule has 0 bridgehead atoms. The molecule has 1 fully saturated rings. The first-order valence-electron chi connectivity index (χ1n) is 9.45. The van der Waals surface area contributed by atoms with E-state index in [1.54, 1.807) is 0 Å². The number of hydrogen-bond acceptors (Lipinski definition) is 2. The van der Waals surface area contributed by atoms with Gasteiger partial charge < -0.3 is 5.11 Å². The maximum Gasteiger partial charge on any atom is 0.419 e. The van der Waals surface area contributed by atoms with Crippen LogP contribution in [0.25, 0.3) is 0 Å². The quantitative estimate of drug-likeness (QED) is 0.328. The summed E-state index contributed by atoms with van der Waals surface area (Å²) in [6.07, 6.45) is 16.7. The Morgan fingerprint density at radius 3 is 2.18 bits per heavy atom. The molecular formula is C18H36N2O2. The number of carboxylic acid groups (broad SMARTS) is 1. The molecule has 2 atom stereocenters. The number of unbranched alkanes of at least 4 members (excludes halogenated alkanes) is 6. The van der Waals surface area contributed by atoms with Gasteiger partial charge in [0.25, 0.3) is 0 Å². The Morgan fingerprint density at radius 2 is 1.55 bits per heavy atom. The molecule has 0 unspecified atom stereocenters. The van der Waals surface area contributed by atoms with E-state index in [0.717, 1.165) is 24.8 Å². The van der Waals surface area contributed by atoms with E-state index >= 15 is 0 Å². The number of amides is 1. The zero-order valence-corrected chi connectivity index (χ0v) is 14.4. The maximum absolute atomic E-state index is 10.3. The third kappa shape index (κ3) is 9.29. The van der Waals surface area contributed by atoms with Crippen molar-refractivity contribution >= 4 is 6.09 Å². The second-order valence-corrected chi connectivity index (χ2v) is 6.86. The van der Waals surface area contributed by atoms with E-state index < -0.39 is 6.09 Å². The van der Waals surface area contributed by atoms with E-state index in [0.29, 0.717) is 0 Å². The first-order chi connectivity index (χ1) is 10.7. The average Bonchev–Trinajstić information content (AvgIpc) is 2.93. The van der Waals surface area contributed by atoms with Gasteiger partial charge in [0.05, 0.1) is 0 Å². The van der Waals surface area contributed by atoms with Crippen LogP contribution < -0.4 is 10.9 Å². The van der Waals surface area contributed by atoms with Gasteiger partial charge in [0.2, 0.25) is 0 Å². The molecule has 1 aliphatic carbocycles. The van der Waals surface area contributed by atoms with Gasteiger partial charge in [-0.1, -0.05) is 84.0 Å². The highest BCUT2D eigenvalue weighted by Gasteiger charge is 2.25. The van der Waals surface area contributed by atoms with Gasteiger partial charge in [-0.05, 0) is 18.3 Å². The molecule has 1 amide bonds. The molecule has 0 aromatic rings. The molecule has 4 nitrogen and oxygen atoms in total. The van der Waals surface area contributed by atoms with Crippen molar-refractivity contribution in [1.82, 2.24) is 10.9 Å². The first kappa shape index (κ1) is 19.3. The minimum Gasteiger partial charge on any atom is -0.464 e. The molecule has 0 aliphatic heterocycles. The molecule has 0 saturated heterocycles. The van der Waals surface area contributed by atoms with Crippen molar-refractivity contribution in [2.45, 2.75) is 90.4 Å². The van der Waals surface area contributed by atoms with Crippen molar-refractivity contribution < 1.29 is 9.90 Å². The Bertz CT molecular complexity index is 284. The molecular weight excluding hydrogens is 276 g/mol. The maximum atomic E-state index is 10.3. The SMILES string of the molecule is CCCCCCCC[C@H]1CCC[C@@H]1CCCCNNC(=O)O. The molecule has 0 spiro atoms. The minimum atomic E-state index is -1.00. The standard InChI is InChI=1S/C18H36N2O2/c1-2-3-4-5-6-7-11-16-13-10-14-17(16)12-8-9-15-19-20-18(21)22/h16-17,19-20H,2-15H2,1H3,(H,21,22)/t16-,17-/m0/s1. The van der Waals surface area contributed by atoms with Crippen molar-refractivity contribution in [3.63, 3.8) is 0 Å². The summed E-state index contributed by atoms with van der Waals surface area (Å²) in [4.78, 5) is 10.3. The number of hydrazine groups is 1. The molecule has 0 radical (unpaired) electrons. The van der Waals surface area contributed by atoms with Crippen LogP contribution in [0.5, 0.6) is 0 Å². The second kappa shape index (κ2) is 12.7. The van der Waals surface area contributed by atoms with Gasteiger partial charge in [0.1, 0.15) is 0 Å². The summed E-state index contributed by atoms with van der Waals surface area (Å²) < 4.78 is 0. The van der Waals surface area contributed by atoms with Crippen molar-refractivity contribution in [2.75, 3.05) is 6.54 Å². The molecule has 1 rings (SSSR count). The fourth-order valence-corrected chi connectivity index (χ4v) is 3.82. The van der Waals surface area contributed by atoms with Gasteiger partial charge >= 0.3 is 6.09 Å². The van der Waals surface area contributed by atoms with Gasteiger partial charge in [0, 0.05) is 6.54 Å². The summed E-state index contributed by atoms with van der Waals surface area (Å²) in [5.74, 6) is 1.90. The van der Waals surface area contributed by atoms with Crippen molar-refractivity contribution in [3.8, 4) is 0 Å². The first-order valence-corrected chi connectivity index (χ1v) is 9.45. The Balaban J connectivity index is 1.99. The summed E-state index contributed by atoms with van der Waals surface area (Å²) in [7, 11) is 0. The third-order valence-corrected chi connectivity index (χ3v) is 5.07. The van der Waals surface area contributed by atoms with E-state index in [1.165, 1.54) is 77.0 Å². The average molecular weight is 312 g/mol. The monoisotopic (exact) mass is 312 g/mol. The summed E-state index contributed by atoms with van der Waals surface area (Å²) in [6.45, 7) is 3.01. The van der Waals surface area contributed by atoms with Crippen LogP contribution in [0.3, 0.4) is 0 Å². The van der Waals surface area contributed by atoms with E-state index in [1.807, 2.05) is 0 Å². The van der Waals surface area contributed by atoms with E-state index in [9.17, 15) is 4.79 Å². The lowest BCUT2D eigenvalue weighted by atomic mass is 9.87. The Labute approximate surface area is 136 Å². The summed E-state index contributed by atoms with van der Waals surface area (Å²) in [6, 6.07) is 0. The molecule has 0 heterocycles. The minimum absolute atomic E-state index is 0.737. The van der Waals surface area contributed by atoms with Crippen molar-refractivity contribution in [3.05, 3.63) is 0 Å². The molecule has 22 heavy (non-hydrogen) atoms. The Kier molecular flexibility index (Phi) is 11.2. The lowest BCUT2D eigenvalue weighted by Crippen LogP contribution is -2.36. The Hall–Kier alpha value is -0.770. The zero-order chi connectivity index (χ0) is 16.0. The highest BCUT2D eigenvalue weighted by atomic mass is 16.4. The predicted molar refractivity (Wildman–Crippen MR) is 91.8 cm³/mol. The van der Waals surface area contributed by atoms with E-state index in [-0.39, 0.29) is 0 Å². The van der Waals surface area contributed by atoms with Crippen LogP contribution in [-0.4, -0.2) is 17.7 Å². The number of carbonyl (C=O) groups is 1. The van der Waals surface area contributed by atoms with Gasteiger partial charge in [0.15, 0.2) is 0 Å². The van der Waals surface area contributed by atoms with Crippen LogP contribution in [0.2, 0.25) is 0 Å². The Morgan fingerprint density at radius 1 is 0.955 bits per heavy atom. The summed E-state index contributed by atoms with van der Waals surface area (Å²) >= 11 is 0. The molecule has 130 valence electrons. The molecule has 1 aliphatic rings. The van der Waals surface area contributed by atoms with Gasteiger partial charge in [-0.3, -0.25) is 5.43 Å². The molecule has 4 heteroatoms. The zero-order valence-electron chi connectivity index (χ0n) is 14.4. The van der Waals surface area contributed by atoms with Crippen LogP contribution in [0.15, 0.2) is 0 Å². The number of hydrogen-bond donors (Lipinski definition) is 3. The fraction of sp³-hybridized carbons (Fsp3) is 0.944. The molecule has 0 aromatic carbocycles. The predicted octanol–water partition coefficient (Wildman–Crippen LogP) is 5.10. The van der Waals surface area contributed by atoms with E-state index in [2.05, 4.69) is 17.8 Å². The third-order valence-electron chi connectivity index (χ3n) is 5.07. The van der Waals surface area contributed by atoms with Gasteiger partial charge in [-0.2, -0.15) is 0 Å².